The third kappa shape index (κ3) is 3.87. The Hall–Kier alpha value is -0.309. The zero-order valence-corrected chi connectivity index (χ0v) is 5.81. The van der Waals surface area contributed by atoms with E-state index >= 15 is 0 Å². The molecular weight excluding hydrogens is 188 g/mol. The van der Waals surface area contributed by atoms with Crippen LogP contribution in [0.15, 0.2) is 0 Å². The van der Waals surface area contributed by atoms with Crippen molar-refractivity contribution in [1.29, 1.82) is 15.8 Å². The Kier molecular flexibility index (Phi) is 8.89. The van der Waals surface area contributed by atoms with E-state index in [0.717, 1.165) is 0 Å². The quantitative estimate of drug-likeness (QED) is 0.488. The predicted molar refractivity (Wildman–Crippen MR) is 22.6 cm³/mol. The van der Waals surface area contributed by atoms with Crippen molar-refractivity contribution in [2.45, 2.75) is 0 Å². The minimum atomic E-state index is -2.18. The van der Waals surface area contributed by atoms with Gasteiger partial charge in [0.15, 0.2) is 0 Å². The summed E-state index contributed by atoms with van der Waals surface area (Å²) in [7, 11) is 0. The standard InChI is InChI=1S/3CN.Li.Rh/c3*1-2;;. The second-order valence-corrected chi connectivity index (χ2v) is 2.80. The Balaban J connectivity index is 0. The minimum absolute atomic E-state index is 0. The van der Waals surface area contributed by atoms with Crippen LogP contribution in [-0.4, -0.2) is 18.9 Å². The maximum absolute atomic E-state index is 7.89. The molecule has 1 radical (unpaired) electrons. The molecule has 0 heterocycles. The van der Waals surface area contributed by atoms with Crippen LogP contribution in [0.25, 0.3) is 0 Å². The van der Waals surface area contributed by atoms with E-state index in [2.05, 4.69) is 0 Å². The summed E-state index contributed by atoms with van der Waals surface area (Å²) in [4.78, 5) is 0. The predicted octanol–water partition coefficient (Wildman–Crippen LogP) is -0.333. The smallest absolute Gasteiger partial charge is 0 e. The van der Waals surface area contributed by atoms with E-state index in [9.17, 15) is 0 Å². The SMILES string of the molecule is N#[C][Rh]([C]#N)[C]#N.[Li]. The van der Waals surface area contributed by atoms with E-state index < -0.39 is 16.0 Å². The zero-order valence-electron chi connectivity index (χ0n) is 4.17. The van der Waals surface area contributed by atoms with Crippen molar-refractivity contribution in [3.63, 3.8) is 0 Å². The Labute approximate surface area is 64.6 Å². The van der Waals surface area contributed by atoms with Crippen molar-refractivity contribution in [2.75, 3.05) is 0 Å². The van der Waals surface area contributed by atoms with Crippen LogP contribution in [0.1, 0.15) is 0 Å². The molecule has 0 N–H and O–H groups in total. The van der Waals surface area contributed by atoms with Crippen LogP contribution in [0.5, 0.6) is 0 Å². The average Bonchev–Trinajstić information content (AvgIpc) is 1.72. The van der Waals surface area contributed by atoms with Crippen molar-refractivity contribution in [1.82, 2.24) is 0 Å². The fraction of sp³-hybridized carbons (Fsp3) is 0. The van der Waals surface area contributed by atoms with Crippen molar-refractivity contribution < 1.29 is 16.0 Å². The molecule has 0 spiro atoms. The first-order chi connectivity index (χ1) is 3.35. The molecule has 0 rings (SSSR count). The van der Waals surface area contributed by atoms with Crippen LogP contribution >= 0.6 is 0 Å². The first-order valence-corrected chi connectivity index (χ1v) is 3.63. The Morgan fingerprint density at radius 1 is 0.875 bits per heavy atom. The first kappa shape index (κ1) is 10.6. The van der Waals surface area contributed by atoms with E-state index in [4.69, 9.17) is 15.8 Å². The number of nitrogens with zero attached hydrogens (tertiary/aromatic N) is 3. The van der Waals surface area contributed by atoms with Crippen LogP contribution in [0, 0.1) is 29.8 Å². The molecule has 0 unspecified atom stereocenters. The molecule has 5 heteroatoms. The molecule has 0 atom stereocenters. The van der Waals surface area contributed by atoms with Gasteiger partial charge in [0.2, 0.25) is 0 Å². The number of hydrogen-bond donors (Lipinski definition) is 0. The number of nitriles is 3. The van der Waals surface area contributed by atoms with Gasteiger partial charge in [-0.1, -0.05) is 0 Å². The fourth-order valence-electron chi connectivity index (χ4n) is 0.0500. The average molecular weight is 188 g/mol. The Morgan fingerprint density at radius 2 is 1.12 bits per heavy atom. The third-order valence-corrected chi connectivity index (χ3v) is 1.32. The topological polar surface area (TPSA) is 71.4 Å². The molecule has 37 valence electrons. The molecular formula is C3LiN3Rh. The second-order valence-electron chi connectivity index (χ2n) is 0.474. The monoisotopic (exact) mass is 188 g/mol. The Bertz CT molecular complexity index is 137. The van der Waals surface area contributed by atoms with Crippen molar-refractivity contribution in [3.05, 3.63) is 0 Å². The van der Waals surface area contributed by atoms with Gasteiger partial charge in [-0.05, 0) is 0 Å². The molecule has 8 heavy (non-hydrogen) atoms. The molecule has 0 saturated heterocycles. The second kappa shape index (κ2) is 6.69. The van der Waals surface area contributed by atoms with Crippen LogP contribution in [0.4, 0.5) is 0 Å². The van der Waals surface area contributed by atoms with E-state index in [1.807, 2.05) is 0 Å². The van der Waals surface area contributed by atoms with E-state index in [-0.39, 0.29) is 18.9 Å². The van der Waals surface area contributed by atoms with Gasteiger partial charge < -0.3 is 0 Å². The van der Waals surface area contributed by atoms with Gasteiger partial charge in [-0.15, -0.1) is 0 Å². The summed E-state index contributed by atoms with van der Waals surface area (Å²) in [6.07, 6.45) is 0. The summed E-state index contributed by atoms with van der Waals surface area (Å²) in [5.74, 6) is 0. The molecule has 0 aliphatic rings. The van der Waals surface area contributed by atoms with Crippen LogP contribution < -0.4 is 0 Å². The van der Waals surface area contributed by atoms with E-state index in [0.29, 0.717) is 0 Å². The van der Waals surface area contributed by atoms with E-state index in [1.165, 1.54) is 0 Å². The van der Waals surface area contributed by atoms with Gasteiger partial charge in [0.05, 0.1) is 0 Å². The summed E-state index contributed by atoms with van der Waals surface area (Å²) in [5.41, 5.74) is 0. The van der Waals surface area contributed by atoms with Gasteiger partial charge in [0.25, 0.3) is 0 Å². The van der Waals surface area contributed by atoms with Gasteiger partial charge in [0.1, 0.15) is 0 Å². The van der Waals surface area contributed by atoms with Gasteiger partial charge in [-0.2, -0.15) is 0 Å². The summed E-state index contributed by atoms with van der Waals surface area (Å²) in [5, 5.41) is 23.7. The zero-order chi connectivity index (χ0) is 5.70. The summed E-state index contributed by atoms with van der Waals surface area (Å²) < 4.78 is 4.83. The normalized spacial score (nSPS) is 6.38. The molecule has 0 aromatic heterocycles. The molecule has 0 bridgehead atoms. The maximum Gasteiger partial charge on any atom is 0 e. The number of rotatable bonds is 0. The maximum atomic E-state index is 7.89. The molecule has 0 aliphatic carbocycles. The first-order valence-electron chi connectivity index (χ1n) is 1.17. The number of hydrogen-bond acceptors (Lipinski definition) is 3. The fourth-order valence-corrected chi connectivity index (χ4v) is 0.296. The third-order valence-electron chi connectivity index (χ3n) is 0.224. The Morgan fingerprint density at radius 3 is 1.12 bits per heavy atom. The van der Waals surface area contributed by atoms with Gasteiger partial charge >= 0.3 is 45.7 Å². The molecule has 0 aromatic rings. The van der Waals surface area contributed by atoms with Crippen molar-refractivity contribution in [2.24, 2.45) is 0 Å². The van der Waals surface area contributed by atoms with Crippen molar-refractivity contribution in [3.8, 4) is 14.0 Å². The minimum Gasteiger partial charge on any atom is 0 e. The molecule has 0 amide bonds. The van der Waals surface area contributed by atoms with Gasteiger partial charge in [0, 0.05) is 18.9 Å². The molecule has 3 nitrogen and oxygen atoms in total. The van der Waals surface area contributed by atoms with Crippen LogP contribution in [-0.2, 0) is 16.0 Å². The van der Waals surface area contributed by atoms with Crippen molar-refractivity contribution >= 4 is 18.9 Å². The molecule has 0 fully saturated rings. The largest absolute Gasteiger partial charge is 0 e. The van der Waals surface area contributed by atoms with Crippen LogP contribution in [0.2, 0.25) is 0 Å². The van der Waals surface area contributed by atoms with E-state index in [1.54, 1.807) is 14.0 Å². The van der Waals surface area contributed by atoms with Gasteiger partial charge in [-0.25, -0.2) is 0 Å². The molecule has 0 saturated carbocycles. The summed E-state index contributed by atoms with van der Waals surface area (Å²) in [6.45, 7) is 0. The summed E-state index contributed by atoms with van der Waals surface area (Å²) >= 11 is -2.18. The molecule has 0 aromatic carbocycles. The van der Waals surface area contributed by atoms with Gasteiger partial charge in [-0.3, -0.25) is 0 Å². The van der Waals surface area contributed by atoms with Crippen LogP contribution in [0.3, 0.4) is 0 Å². The summed E-state index contributed by atoms with van der Waals surface area (Å²) in [6, 6.07) is 0. The molecule has 0 aliphatic heterocycles.